The molecule has 44 heavy (non-hydrogen) atoms. The van der Waals surface area contributed by atoms with E-state index >= 15 is 0 Å². The van der Waals surface area contributed by atoms with Gasteiger partial charge in [0.1, 0.15) is 31.2 Å². The molecule has 0 aliphatic heterocycles. The van der Waals surface area contributed by atoms with E-state index < -0.39 is 30.0 Å². The fraction of sp³-hybridized carbons (Fsp3) is 0.133. The van der Waals surface area contributed by atoms with Crippen molar-refractivity contribution in [2.45, 2.75) is 37.5 Å². The summed E-state index contributed by atoms with van der Waals surface area (Å²) in [7, 11) is -9.49. The van der Waals surface area contributed by atoms with Crippen molar-refractivity contribution in [2.24, 2.45) is 10.2 Å². The van der Waals surface area contributed by atoms with Gasteiger partial charge < -0.3 is 0 Å². The number of aromatic nitrogens is 2. The lowest BCUT2D eigenvalue weighted by Gasteiger charge is -2.06. The summed E-state index contributed by atoms with van der Waals surface area (Å²) in [4.78, 5) is 7.94. The van der Waals surface area contributed by atoms with Crippen molar-refractivity contribution in [2.75, 3.05) is 0 Å². The lowest BCUT2D eigenvalue weighted by molar-refractivity contribution is 0.481. The van der Waals surface area contributed by atoms with E-state index in [1.807, 2.05) is 76.2 Å². The molecule has 0 fully saturated rings. The molecule has 0 bridgehead atoms. The lowest BCUT2D eigenvalue weighted by Crippen LogP contribution is -1.99. The van der Waals surface area contributed by atoms with Crippen molar-refractivity contribution in [1.82, 2.24) is 9.97 Å². The zero-order valence-electron chi connectivity index (χ0n) is 24.0. The van der Waals surface area contributed by atoms with E-state index in [2.05, 4.69) is 20.2 Å². The van der Waals surface area contributed by atoms with Crippen LogP contribution in [0.15, 0.2) is 105 Å². The summed E-state index contributed by atoms with van der Waals surface area (Å²) in [6.07, 6.45) is 0. The topological polar surface area (TPSA) is 159 Å². The number of benzene rings is 4. The number of azo groups is 1. The highest BCUT2D eigenvalue weighted by molar-refractivity contribution is 7.86. The fourth-order valence-electron chi connectivity index (χ4n) is 3.97. The molecule has 0 saturated heterocycles. The van der Waals surface area contributed by atoms with Gasteiger partial charge in [-0.2, -0.15) is 16.8 Å². The normalized spacial score (nSPS) is 11.7. The Labute approximate surface area is 263 Å². The first-order valence-electron chi connectivity index (χ1n) is 13.4. The summed E-state index contributed by atoms with van der Waals surface area (Å²) in [6.45, 7) is 8.00. The quantitative estimate of drug-likeness (QED) is 0.131. The molecule has 2 aromatic heterocycles. The number of thiazole rings is 2. The second kappa shape index (κ2) is 13.8. The minimum absolute atomic E-state index is 0.233. The van der Waals surface area contributed by atoms with Gasteiger partial charge in [-0.05, 0) is 60.7 Å². The number of rotatable bonds is 6. The van der Waals surface area contributed by atoms with Crippen LogP contribution in [-0.2, 0) is 20.2 Å². The smallest absolute Gasteiger partial charge is 0.282 e. The first-order chi connectivity index (χ1) is 21.1. The van der Waals surface area contributed by atoms with Gasteiger partial charge in [0.05, 0.1) is 20.4 Å². The van der Waals surface area contributed by atoms with Crippen LogP contribution in [-0.4, -0.2) is 35.9 Å². The summed E-state index contributed by atoms with van der Waals surface area (Å²) >= 11 is 2.70. The van der Waals surface area contributed by atoms with E-state index in [0.717, 1.165) is 20.4 Å². The Kier molecular flexibility index (Phi) is 10.3. The summed E-state index contributed by atoms with van der Waals surface area (Å²) < 4.78 is 70.5. The van der Waals surface area contributed by atoms with Gasteiger partial charge >= 0.3 is 0 Å². The molecule has 0 aliphatic carbocycles. The molecule has 10 nitrogen and oxygen atoms in total. The maximum Gasteiger partial charge on any atom is 0.296 e. The van der Waals surface area contributed by atoms with Crippen LogP contribution in [0.2, 0.25) is 0 Å². The summed E-state index contributed by atoms with van der Waals surface area (Å²) in [6, 6.07) is 23.1. The molecule has 4 aromatic carbocycles. The van der Waals surface area contributed by atoms with Crippen LogP contribution >= 0.6 is 22.7 Å². The second-order valence-electron chi connectivity index (χ2n) is 8.49. The number of nitrogens with zero attached hydrogens (tertiary/aromatic N) is 4. The average molecular weight is 669 g/mol. The van der Waals surface area contributed by atoms with Gasteiger partial charge in [-0.15, -0.1) is 32.9 Å². The minimum Gasteiger partial charge on any atom is -0.282 e. The zero-order valence-corrected chi connectivity index (χ0v) is 27.3. The van der Waals surface area contributed by atoms with Crippen molar-refractivity contribution < 1.29 is 25.9 Å². The van der Waals surface area contributed by atoms with Crippen LogP contribution < -0.4 is 0 Å². The third kappa shape index (κ3) is 7.23. The van der Waals surface area contributed by atoms with Crippen molar-refractivity contribution in [3.63, 3.8) is 0 Å². The Morgan fingerprint density at radius 3 is 1.27 bits per heavy atom. The second-order valence-corrected chi connectivity index (χ2v) is 13.3. The molecule has 0 aliphatic rings. The van der Waals surface area contributed by atoms with Crippen LogP contribution in [0.4, 0.5) is 11.4 Å². The summed E-state index contributed by atoms with van der Waals surface area (Å²) in [5.74, 6) is 0. The maximum atomic E-state index is 12.2. The van der Waals surface area contributed by atoms with E-state index in [4.69, 9.17) is 0 Å². The molecule has 0 spiro atoms. The Bertz CT molecular complexity index is 1970. The number of hydrogen-bond acceptors (Lipinski definition) is 10. The number of fused-ring (bicyclic) bond motifs is 2. The Balaban J connectivity index is 0.00000106. The Morgan fingerprint density at radius 2 is 0.932 bits per heavy atom. The molecule has 228 valence electrons. The Hall–Kier alpha value is -3.92. The van der Waals surface area contributed by atoms with Crippen molar-refractivity contribution in [3.05, 3.63) is 84.9 Å². The van der Waals surface area contributed by atoms with Gasteiger partial charge in [-0.1, -0.05) is 52.0 Å². The molecule has 6 aromatic rings. The van der Waals surface area contributed by atoms with E-state index in [9.17, 15) is 25.9 Å². The molecule has 2 N–H and O–H groups in total. The van der Waals surface area contributed by atoms with Gasteiger partial charge in [0, 0.05) is 11.1 Å². The summed E-state index contributed by atoms with van der Waals surface area (Å²) in [5.41, 5.74) is 1.89. The molecule has 0 saturated carbocycles. The minimum atomic E-state index is -4.74. The van der Waals surface area contributed by atoms with Gasteiger partial charge in [-0.25, -0.2) is 9.97 Å². The molecule has 14 heteroatoms. The van der Waals surface area contributed by atoms with Crippen LogP contribution in [0.5, 0.6) is 0 Å². The number of para-hydroxylation sites is 2. The standard InChI is InChI=1S/C26H16N4O6S4.2C2H6/c31-39(32,33)23-13-15(25-27-17-5-1-3-7-21(17)37-25)9-11-19(23)29-30-20-12-10-16(14-24(20)40(34,35)36)26-28-18-6-2-4-8-22(18)38-26;2*1-2/h1-14H,(H,31,32,33)(H,34,35,36);2*1-2H3. The molecule has 0 amide bonds. The first-order valence-corrected chi connectivity index (χ1v) is 17.9. The van der Waals surface area contributed by atoms with E-state index in [-0.39, 0.29) is 11.4 Å². The predicted octanol–water partition coefficient (Wildman–Crippen LogP) is 9.20. The highest BCUT2D eigenvalue weighted by Crippen LogP contribution is 2.37. The van der Waals surface area contributed by atoms with Crippen molar-refractivity contribution >= 4 is 74.7 Å². The van der Waals surface area contributed by atoms with Gasteiger partial charge in [-0.3, -0.25) is 9.11 Å². The van der Waals surface area contributed by atoms with E-state index in [1.54, 1.807) is 12.1 Å². The van der Waals surface area contributed by atoms with Gasteiger partial charge in [0.15, 0.2) is 0 Å². The first kappa shape index (κ1) is 33.0. The Morgan fingerprint density at radius 1 is 0.568 bits per heavy atom. The van der Waals surface area contributed by atoms with E-state index in [1.165, 1.54) is 46.9 Å². The summed E-state index contributed by atoms with van der Waals surface area (Å²) in [5, 5.41) is 8.90. The molecule has 0 radical (unpaired) electrons. The predicted molar refractivity (Wildman–Crippen MR) is 177 cm³/mol. The molecule has 2 heterocycles. The third-order valence-electron chi connectivity index (χ3n) is 5.82. The van der Waals surface area contributed by atoms with E-state index in [0.29, 0.717) is 21.1 Å². The molecular weight excluding hydrogens is 641 g/mol. The van der Waals surface area contributed by atoms with Crippen molar-refractivity contribution in [3.8, 4) is 21.1 Å². The van der Waals surface area contributed by atoms with Crippen LogP contribution in [0.3, 0.4) is 0 Å². The number of hydrogen-bond donors (Lipinski definition) is 2. The highest BCUT2D eigenvalue weighted by atomic mass is 32.2. The highest BCUT2D eigenvalue weighted by Gasteiger charge is 2.21. The monoisotopic (exact) mass is 668 g/mol. The maximum absolute atomic E-state index is 12.2. The molecule has 0 unspecified atom stereocenters. The SMILES string of the molecule is CC.CC.O=S(=O)(O)c1cc(-c2nc3ccccc3s2)ccc1N=Nc1ccc(-c2nc3ccccc3s2)cc1S(=O)(=O)O. The van der Waals surface area contributed by atoms with Gasteiger partial charge in [0.2, 0.25) is 0 Å². The lowest BCUT2D eigenvalue weighted by atomic mass is 10.2. The average Bonchev–Trinajstić information content (AvgIpc) is 3.66. The largest absolute Gasteiger partial charge is 0.296 e. The third-order valence-corrected chi connectivity index (χ3v) is 9.76. The van der Waals surface area contributed by atoms with Crippen LogP contribution in [0, 0.1) is 0 Å². The van der Waals surface area contributed by atoms with Crippen LogP contribution in [0.1, 0.15) is 27.7 Å². The van der Waals surface area contributed by atoms with Crippen LogP contribution in [0.25, 0.3) is 41.6 Å². The molecular formula is C30H28N4O6S4. The van der Waals surface area contributed by atoms with Crippen molar-refractivity contribution in [1.29, 1.82) is 0 Å². The van der Waals surface area contributed by atoms with Gasteiger partial charge in [0.25, 0.3) is 20.2 Å². The molecule has 0 atom stereocenters. The molecule has 6 rings (SSSR count). The fourth-order valence-corrected chi connectivity index (χ4v) is 7.19. The zero-order chi connectivity index (χ0) is 32.1.